The molecule has 1 heterocycles. The van der Waals surface area contributed by atoms with E-state index in [9.17, 15) is 14.3 Å². The number of benzene rings is 3. The summed E-state index contributed by atoms with van der Waals surface area (Å²) in [6, 6.07) is 17.9. The van der Waals surface area contributed by atoms with Gasteiger partial charge in [-0.3, -0.25) is 0 Å². The third kappa shape index (κ3) is 4.16. The number of methoxy groups -OCH3 is 1. The van der Waals surface area contributed by atoms with Gasteiger partial charge in [-0.1, -0.05) is 30.3 Å². The van der Waals surface area contributed by atoms with E-state index in [1.165, 1.54) is 31.4 Å². The van der Waals surface area contributed by atoms with Crippen LogP contribution in [0.25, 0.3) is 0 Å². The van der Waals surface area contributed by atoms with Gasteiger partial charge in [0.25, 0.3) is 0 Å². The number of phenols is 1. The number of fused-ring (bicyclic) bond motifs is 1. The van der Waals surface area contributed by atoms with Crippen LogP contribution in [0.5, 0.6) is 17.2 Å². The van der Waals surface area contributed by atoms with Crippen molar-refractivity contribution < 1.29 is 28.5 Å². The van der Waals surface area contributed by atoms with Gasteiger partial charge in [0.1, 0.15) is 35.2 Å². The molecule has 0 aromatic heterocycles. The predicted molar refractivity (Wildman–Crippen MR) is 111 cm³/mol. The smallest absolute Gasteiger partial charge is 0.340 e. The average molecular weight is 421 g/mol. The van der Waals surface area contributed by atoms with Crippen LogP contribution in [0.1, 0.15) is 22.6 Å². The van der Waals surface area contributed by atoms with Crippen LogP contribution in [0.4, 0.5) is 4.39 Å². The van der Waals surface area contributed by atoms with Crippen LogP contribution in [0.15, 0.2) is 78.2 Å². The molecule has 31 heavy (non-hydrogen) atoms. The van der Waals surface area contributed by atoms with Crippen molar-refractivity contribution in [2.45, 2.75) is 12.5 Å². The number of halogens is 1. The van der Waals surface area contributed by atoms with E-state index in [1.807, 2.05) is 12.1 Å². The number of ether oxygens (including phenoxy) is 3. The van der Waals surface area contributed by atoms with Gasteiger partial charge >= 0.3 is 5.97 Å². The first-order valence-corrected chi connectivity index (χ1v) is 9.52. The lowest BCUT2D eigenvalue weighted by atomic mass is 9.83. The lowest BCUT2D eigenvalue weighted by Crippen LogP contribution is -2.26. The summed E-state index contributed by atoms with van der Waals surface area (Å²) in [5.41, 5.74) is 8.49. The van der Waals surface area contributed by atoms with E-state index in [4.69, 9.17) is 19.9 Å². The molecule has 0 saturated heterocycles. The molecule has 0 spiro atoms. The van der Waals surface area contributed by atoms with Crippen molar-refractivity contribution in [2.75, 3.05) is 7.11 Å². The molecule has 1 atom stereocenters. The van der Waals surface area contributed by atoms with E-state index in [2.05, 4.69) is 0 Å². The van der Waals surface area contributed by atoms with Gasteiger partial charge < -0.3 is 25.1 Å². The third-order valence-electron chi connectivity index (χ3n) is 5.02. The van der Waals surface area contributed by atoms with Crippen molar-refractivity contribution in [1.29, 1.82) is 0 Å². The molecule has 0 radical (unpaired) electrons. The third-order valence-corrected chi connectivity index (χ3v) is 5.02. The normalized spacial score (nSPS) is 15.1. The van der Waals surface area contributed by atoms with Gasteiger partial charge in [0.15, 0.2) is 0 Å². The molecule has 6 nitrogen and oxygen atoms in total. The van der Waals surface area contributed by atoms with E-state index in [0.29, 0.717) is 23.7 Å². The number of esters is 1. The van der Waals surface area contributed by atoms with Gasteiger partial charge in [-0.15, -0.1) is 0 Å². The zero-order valence-corrected chi connectivity index (χ0v) is 16.7. The van der Waals surface area contributed by atoms with Gasteiger partial charge in [-0.25, -0.2) is 9.18 Å². The van der Waals surface area contributed by atoms with Crippen LogP contribution >= 0.6 is 0 Å². The first-order chi connectivity index (χ1) is 15.0. The Morgan fingerprint density at radius 2 is 1.81 bits per heavy atom. The number of hydrogen-bond acceptors (Lipinski definition) is 6. The molecule has 4 rings (SSSR count). The molecule has 3 aromatic carbocycles. The van der Waals surface area contributed by atoms with Crippen LogP contribution in [-0.2, 0) is 16.1 Å². The Hall–Kier alpha value is -4.00. The number of rotatable bonds is 5. The zero-order valence-electron chi connectivity index (χ0n) is 16.7. The van der Waals surface area contributed by atoms with Crippen molar-refractivity contribution in [3.8, 4) is 17.2 Å². The highest BCUT2D eigenvalue weighted by molar-refractivity contribution is 5.92. The maximum atomic E-state index is 13.0. The second kappa shape index (κ2) is 8.39. The Bertz CT molecular complexity index is 1140. The van der Waals surface area contributed by atoms with Crippen LogP contribution in [0, 0.1) is 5.82 Å². The summed E-state index contributed by atoms with van der Waals surface area (Å²) < 4.78 is 29.3. The second-order valence-electron chi connectivity index (χ2n) is 7.01. The number of carbonyl (C=O) groups is 1. The van der Waals surface area contributed by atoms with Crippen LogP contribution in [0.3, 0.4) is 0 Å². The minimum atomic E-state index is -0.599. The van der Waals surface area contributed by atoms with Crippen molar-refractivity contribution in [3.05, 3.63) is 101 Å². The fourth-order valence-electron chi connectivity index (χ4n) is 3.50. The maximum absolute atomic E-state index is 13.0. The largest absolute Gasteiger partial charge is 0.508 e. The summed E-state index contributed by atoms with van der Waals surface area (Å²) in [5, 5.41) is 9.79. The van der Waals surface area contributed by atoms with Crippen LogP contribution < -0.4 is 15.2 Å². The minimum absolute atomic E-state index is 0.0244. The molecule has 7 heteroatoms. The van der Waals surface area contributed by atoms with Crippen LogP contribution in [0.2, 0.25) is 0 Å². The zero-order chi connectivity index (χ0) is 22.0. The Morgan fingerprint density at radius 1 is 1.10 bits per heavy atom. The predicted octanol–water partition coefficient (Wildman–Crippen LogP) is 3.98. The maximum Gasteiger partial charge on any atom is 0.340 e. The van der Waals surface area contributed by atoms with Gasteiger partial charge in [0.2, 0.25) is 5.88 Å². The van der Waals surface area contributed by atoms with Crippen molar-refractivity contribution >= 4 is 5.97 Å². The van der Waals surface area contributed by atoms with E-state index in [1.54, 1.807) is 30.3 Å². The van der Waals surface area contributed by atoms with Gasteiger partial charge in [0.05, 0.1) is 13.0 Å². The Morgan fingerprint density at radius 3 is 2.48 bits per heavy atom. The molecule has 158 valence electrons. The number of nitrogens with two attached hydrogens (primary N) is 1. The SMILES string of the molecule is COC(=O)C1=C(N)Oc2cc(O)ccc2C1c1ccc(OCc2ccc(F)cc2)cc1. The van der Waals surface area contributed by atoms with Crippen molar-refractivity contribution in [3.63, 3.8) is 0 Å². The molecule has 3 N–H and O–H groups in total. The summed E-state index contributed by atoms with van der Waals surface area (Å²) in [5.74, 6) is -0.509. The summed E-state index contributed by atoms with van der Waals surface area (Å²) >= 11 is 0. The Kier molecular flexibility index (Phi) is 5.49. The van der Waals surface area contributed by atoms with E-state index < -0.39 is 11.9 Å². The van der Waals surface area contributed by atoms with Gasteiger partial charge in [-0.05, 0) is 41.5 Å². The lowest BCUT2D eigenvalue weighted by Gasteiger charge is -2.28. The lowest BCUT2D eigenvalue weighted by molar-refractivity contribution is -0.136. The van der Waals surface area contributed by atoms with E-state index in [-0.39, 0.29) is 23.0 Å². The van der Waals surface area contributed by atoms with Crippen molar-refractivity contribution in [1.82, 2.24) is 0 Å². The molecule has 1 aliphatic heterocycles. The summed E-state index contributed by atoms with van der Waals surface area (Å²) in [4.78, 5) is 12.4. The molecule has 0 aliphatic carbocycles. The highest BCUT2D eigenvalue weighted by atomic mass is 19.1. The summed E-state index contributed by atoms with van der Waals surface area (Å²) in [6.45, 7) is 0.291. The fourth-order valence-corrected chi connectivity index (χ4v) is 3.50. The molecule has 3 aromatic rings. The van der Waals surface area contributed by atoms with Gasteiger partial charge in [-0.2, -0.15) is 0 Å². The Labute approximate surface area is 178 Å². The number of aromatic hydroxyl groups is 1. The average Bonchev–Trinajstić information content (AvgIpc) is 2.77. The van der Waals surface area contributed by atoms with Crippen LogP contribution in [-0.4, -0.2) is 18.2 Å². The molecule has 0 fully saturated rings. The molecule has 0 amide bonds. The second-order valence-corrected chi connectivity index (χ2v) is 7.01. The molecule has 0 saturated carbocycles. The quantitative estimate of drug-likeness (QED) is 0.606. The minimum Gasteiger partial charge on any atom is -0.508 e. The number of hydrogen-bond donors (Lipinski definition) is 2. The standard InChI is InChI=1S/C24H20FNO5/c1-29-24(28)22-21(19-11-8-17(27)12-20(19)31-23(22)26)15-4-9-18(10-5-15)30-13-14-2-6-16(25)7-3-14/h2-12,21,27H,13,26H2,1H3. The monoisotopic (exact) mass is 421 g/mol. The van der Waals surface area contributed by atoms with E-state index in [0.717, 1.165) is 11.1 Å². The first-order valence-electron chi connectivity index (χ1n) is 9.52. The highest BCUT2D eigenvalue weighted by Crippen LogP contribution is 2.44. The Balaban J connectivity index is 1.63. The molecule has 0 bridgehead atoms. The topological polar surface area (TPSA) is 91.0 Å². The molecular weight excluding hydrogens is 401 g/mol. The molecule has 1 unspecified atom stereocenters. The summed E-state index contributed by atoms with van der Waals surface area (Å²) in [7, 11) is 1.28. The summed E-state index contributed by atoms with van der Waals surface area (Å²) in [6.07, 6.45) is 0. The number of carbonyl (C=O) groups excluding carboxylic acids is 1. The van der Waals surface area contributed by atoms with Crippen molar-refractivity contribution in [2.24, 2.45) is 5.73 Å². The fraction of sp³-hybridized carbons (Fsp3) is 0.125. The molecular formula is C24H20FNO5. The highest BCUT2D eigenvalue weighted by Gasteiger charge is 2.35. The van der Waals surface area contributed by atoms with Gasteiger partial charge in [0, 0.05) is 11.6 Å². The number of phenolic OH excluding ortho intramolecular Hbond substituents is 1. The molecule has 1 aliphatic rings. The van der Waals surface area contributed by atoms with E-state index >= 15 is 0 Å². The first kappa shape index (κ1) is 20.3.